The van der Waals surface area contributed by atoms with E-state index in [1.807, 2.05) is 0 Å². The highest BCUT2D eigenvalue weighted by atomic mass is 16.8. The highest BCUT2D eigenvalue weighted by Gasteiger charge is 2.62. The molecule has 57 heavy (non-hydrogen) atoms. The summed E-state index contributed by atoms with van der Waals surface area (Å²) >= 11 is 0. The lowest BCUT2D eigenvalue weighted by Gasteiger charge is -2.44. The molecule has 0 unspecified atom stereocenters. The summed E-state index contributed by atoms with van der Waals surface area (Å²) in [5.74, 6) is -7.06. The summed E-state index contributed by atoms with van der Waals surface area (Å²) in [5.41, 5.74) is 0. The van der Waals surface area contributed by atoms with Crippen LogP contribution in [0.4, 0.5) is 0 Å². The van der Waals surface area contributed by atoms with E-state index in [1.54, 1.807) is 0 Å². The van der Waals surface area contributed by atoms with Crippen molar-refractivity contribution in [3.05, 3.63) is 0 Å². The fraction of sp³-hybridized carbons (Fsp3) is 1.00. The van der Waals surface area contributed by atoms with Crippen molar-refractivity contribution in [2.45, 2.75) is 134 Å². The van der Waals surface area contributed by atoms with E-state index >= 15 is 0 Å². The third kappa shape index (κ3) is 9.25. The first-order chi connectivity index (χ1) is 26.8. The second kappa shape index (κ2) is 19.7. The molecule has 19 N–H and O–H groups in total. The van der Waals surface area contributed by atoms with Gasteiger partial charge < -0.3 is 135 Å². The highest BCUT2D eigenvalue weighted by Crippen LogP contribution is 2.40. The molecule has 5 heterocycles. The molecule has 5 saturated heterocycles. The van der Waals surface area contributed by atoms with Crippen LogP contribution in [0.3, 0.4) is 0 Å². The second-order valence-corrected chi connectivity index (χ2v) is 14.0. The minimum atomic E-state index is -2.49. The van der Waals surface area contributed by atoms with Gasteiger partial charge in [-0.05, 0) is 0 Å². The van der Waals surface area contributed by atoms with Crippen LogP contribution in [0.5, 0.6) is 0 Å². The predicted molar refractivity (Wildman–Crippen MR) is 170 cm³/mol. The molecule has 5 rings (SSSR count). The third-order valence-electron chi connectivity index (χ3n) is 10.3. The van der Waals surface area contributed by atoms with Gasteiger partial charge in [0.05, 0.1) is 33.0 Å². The Morgan fingerprint density at radius 3 is 1.02 bits per heavy atom. The first-order valence-electron chi connectivity index (χ1n) is 17.6. The quantitative estimate of drug-likeness (QED) is 0.0771. The van der Waals surface area contributed by atoms with Crippen molar-refractivity contribution in [3.63, 3.8) is 0 Å². The van der Waals surface area contributed by atoms with Gasteiger partial charge in [-0.1, -0.05) is 0 Å². The van der Waals surface area contributed by atoms with E-state index in [1.165, 1.54) is 0 Å². The first kappa shape index (κ1) is 48.6. The summed E-state index contributed by atoms with van der Waals surface area (Å²) in [6.07, 6.45) is -31.6. The van der Waals surface area contributed by atoms with Gasteiger partial charge in [0.25, 0.3) is 0 Å². The zero-order valence-electron chi connectivity index (χ0n) is 29.9. The molecule has 0 amide bonds. The van der Waals surface area contributed by atoms with Gasteiger partial charge in [-0.15, -0.1) is 0 Å². The Hall–Kier alpha value is -1.08. The predicted octanol–water partition coefficient (Wildman–Crippen LogP) is -13.0. The number of aliphatic hydroxyl groups is 19. The van der Waals surface area contributed by atoms with Crippen LogP contribution in [0.15, 0.2) is 0 Å². The van der Waals surface area contributed by atoms with Crippen molar-refractivity contribution >= 4 is 0 Å². The van der Waals surface area contributed by atoms with Gasteiger partial charge in [-0.3, -0.25) is 0 Å². The van der Waals surface area contributed by atoms with Crippen LogP contribution < -0.4 is 0 Å². The monoisotopic (exact) mass is 846 g/mol. The van der Waals surface area contributed by atoms with E-state index < -0.39 is 187 Å². The number of hydrogen-bond donors (Lipinski definition) is 19. The zero-order chi connectivity index (χ0) is 42.8. The van der Waals surface area contributed by atoms with Crippen molar-refractivity contribution in [3.8, 4) is 0 Å². The molecule has 27 heteroatoms. The number of aliphatic hydroxyl groups excluding tert-OH is 19. The molecule has 0 spiro atoms. The molecule has 0 aromatic heterocycles. The highest BCUT2D eigenvalue weighted by molar-refractivity contribution is 5.02. The maximum atomic E-state index is 10.7. The van der Waals surface area contributed by atoms with Crippen molar-refractivity contribution < 1.29 is 135 Å². The van der Waals surface area contributed by atoms with E-state index in [0.29, 0.717) is 0 Å². The Labute approximate surface area is 321 Å². The van der Waals surface area contributed by atoms with E-state index in [9.17, 15) is 86.8 Å². The van der Waals surface area contributed by atoms with Crippen LogP contribution in [0.1, 0.15) is 0 Å². The zero-order valence-corrected chi connectivity index (χ0v) is 29.9. The van der Waals surface area contributed by atoms with Gasteiger partial charge >= 0.3 is 0 Å². The molecular formula is C30H54O27. The van der Waals surface area contributed by atoms with Crippen molar-refractivity contribution in [1.82, 2.24) is 0 Å². The third-order valence-corrected chi connectivity index (χ3v) is 10.3. The molecule has 22 atom stereocenters. The number of ether oxygens (including phenoxy) is 8. The van der Waals surface area contributed by atoms with Crippen LogP contribution in [0.2, 0.25) is 0 Å². The summed E-state index contributed by atoms with van der Waals surface area (Å²) in [7, 11) is 0. The molecule has 27 nitrogen and oxygen atoms in total. The molecule has 5 fully saturated rings. The average molecular weight is 847 g/mol. The summed E-state index contributed by atoms with van der Waals surface area (Å²) in [4.78, 5) is 0. The minimum absolute atomic E-state index is 0.669. The van der Waals surface area contributed by atoms with E-state index in [-0.39, 0.29) is 0 Å². The fourth-order valence-corrected chi connectivity index (χ4v) is 6.77. The lowest BCUT2D eigenvalue weighted by atomic mass is 9.99. The largest absolute Gasteiger partial charge is 0.394 e. The van der Waals surface area contributed by atoms with E-state index in [4.69, 9.17) is 48.1 Å². The normalized spacial score (nSPS) is 51.5. The molecular weight excluding hydrogens is 792 g/mol. The van der Waals surface area contributed by atoms with Gasteiger partial charge in [0, 0.05) is 0 Å². The smallest absolute Gasteiger partial charge is 0.224 e. The van der Waals surface area contributed by atoms with Crippen LogP contribution in [-0.4, -0.2) is 284 Å². The molecule has 0 bridgehead atoms. The van der Waals surface area contributed by atoms with Gasteiger partial charge in [0.1, 0.15) is 124 Å². The van der Waals surface area contributed by atoms with Crippen LogP contribution >= 0.6 is 0 Å². The molecule has 0 aromatic rings. The Bertz CT molecular complexity index is 1240. The standard InChI is InChI=1S/C18H32O16.C12H22O11/c19-1-6-9(23)12(26)13(27)16(31-6)34-18(15(29)11(25)8(3-21)33-18)5-30-17(4-22)14(28)10(24)7(2-20)32-17;13-1-4-6(16)8(18)9(19)11(21-4)23-12(3-15)10(20)7(17)5(2-14)22-12/h6-16,19-29H,1-5H2;4-11,13-20H,1-3H2/t6-,7-,8-,9-,10-,11-,12+,13-,14+,15+,16-,17-,18+;4-,5-,6-,7-,8+,9-,10+,11-,12+/m11/s1. The molecule has 5 aliphatic rings. The Balaban J connectivity index is 0.000000273. The van der Waals surface area contributed by atoms with Gasteiger partial charge in [0.15, 0.2) is 12.6 Å². The first-order valence-corrected chi connectivity index (χ1v) is 17.6. The maximum absolute atomic E-state index is 10.7. The minimum Gasteiger partial charge on any atom is -0.394 e. The van der Waals surface area contributed by atoms with Crippen LogP contribution in [-0.2, 0) is 37.9 Å². The van der Waals surface area contributed by atoms with Crippen molar-refractivity contribution in [2.75, 3.05) is 52.9 Å². The molecule has 0 saturated carbocycles. The SMILES string of the molecule is OC[C@H]1O[C@@](CO)(OC[C@@]2(O[C@H]3O[C@H](CO)[C@@H](O)[C@H](O)[C@H]3O)O[C@H](CO)[C@@H](O)[C@@H]2O)[C@@H](O)[C@@H]1O.OC[C@H]1O[C@@](CO)(O[C@H]2O[C@H](CO)[C@@H](O)[C@H](O)[C@H]2O)[C@@H](O)[C@@H]1O. The van der Waals surface area contributed by atoms with E-state index in [0.717, 1.165) is 0 Å². The maximum Gasteiger partial charge on any atom is 0.224 e. The van der Waals surface area contributed by atoms with Crippen molar-refractivity contribution in [2.24, 2.45) is 0 Å². The van der Waals surface area contributed by atoms with Crippen LogP contribution in [0.25, 0.3) is 0 Å². The Morgan fingerprint density at radius 2 is 0.667 bits per heavy atom. The Morgan fingerprint density at radius 1 is 0.351 bits per heavy atom. The van der Waals surface area contributed by atoms with Gasteiger partial charge in [-0.2, -0.15) is 0 Å². The summed E-state index contributed by atoms with van der Waals surface area (Å²) in [5, 5.41) is 186. The lowest BCUT2D eigenvalue weighted by molar-refractivity contribution is -0.399. The van der Waals surface area contributed by atoms with E-state index in [2.05, 4.69) is 0 Å². The number of rotatable bonds is 14. The van der Waals surface area contributed by atoms with Crippen LogP contribution in [0, 0.1) is 0 Å². The number of hydrogen-bond acceptors (Lipinski definition) is 27. The average Bonchev–Trinajstić information content (AvgIpc) is 3.72. The summed E-state index contributed by atoms with van der Waals surface area (Å²) < 4.78 is 42.4. The Kier molecular flexibility index (Phi) is 16.8. The van der Waals surface area contributed by atoms with Gasteiger partial charge in [0.2, 0.25) is 17.4 Å². The summed E-state index contributed by atoms with van der Waals surface area (Å²) in [6.45, 7) is -6.72. The summed E-state index contributed by atoms with van der Waals surface area (Å²) in [6, 6.07) is 0. The second-order valence-electron chi connectivity index (χ2n) is 14.0. The molecule has 336 valence electrons. The van der Waals surface area contributed by atoms with Gasteiger partial charge in [-0.25, -0.2) is 0 Å². The molecule has 0 radical (unpaired) electrons. The fourth-order valence-electron chi connectivity index (χ4n) is 6.77. The molecule has 0 aromatic carbocycles. The lowest BCUT2D eigenvalue weighted by Crippen LogP contribution is -2.63. The molecule has 0 aliphatic carbocycles. The molecule has 5 aliphatic heterocycles. The van der Waals surface area contributed by atoms with Crippen molar-refractivity contribution in [1.29, 1.82) is 0 Å². The topological polar surface area (TPSA) is 458 Å².